The summed E-state index contributed by atoms with van der Waals surface area (Å²) in [6.07, 6.45) is -2.30. The maximum atomic E-state index is 13.3. The molecule has 7 nitrogen and oxygen atoms in total. The SMILES string of the molecule is O=C(/C=C/c1ccc([N+](=O)[O-])s1)Nc1n[nH]c(C(F)(F)F)c1-c1ccccc1. The first kappa shape index (κ1) is 19.3. The van der Waals surface area contributed by atoms with E-state index in [0.717, 1.165) is 17.4 Å². The molecule has 2 aromatic heterocycles. The Morgan fingerprint density at radius 3 is 2.54 bits per heavy atom. The normalized spacial score (nSPS) is 11.7. The number of halogens is 3. The molecule has 0 aliphatic carbocycles. The number of nitrogens with zero attached hydrogens (tertiary/aromatic N) is 2. The van der Waals surface area contributed by atoms with Gasteiger partial charge in [0.05, 0.1) is 10.5 Å². The van der Waals surface area contributed by atoms with Crippen molar-refractivity contribution in [2.24, 2.45) is 0 Å². The second-order valence-corrected chi connectivity index (χ2v) is 6.54. The second-order valence-electron chi connectivity index (χ2n) is 5.44. The van der Waals surface area contributed by atoms with Crippen LogP contribution in [0.1, 0.15) is 10.6 Å². The van der Waals surface area contributed by atoms with Crippen LogP contribution in [0.25, 0.3) is 17.2 Å². The van der Waals surface area contributed by atoms with Gasteiger partial charge in [0.1, 0.15) is 5.69 Å². The molecule has 144 valence electrons. The van der Waals surface area contributed by atoms with Crippen molar-refractivity contribution < 1.29 is 22.9 Å². The van der Waals surface area contributed by atoms with Gasteiger partial charge in [-0.15, -0.1) is 0 Å². The average molecular weight is 408 g/mol. The van der Waals surface area contributed by atoms with E-state index in [2.05, 4.69) is 10.4 Å². The topological polar surface area (TPSA) is 101 Å². The van der Waals surface area contributed by atoms with Gasteiger partial charge in [0.25, 0.3) is 0 Å². The summed E-state index contributed by atoms with van der Waals surface area (Å²) < 4.78 is 39.8. The van der Waals surface area contributed by atoms with Crippen molar-refractivity contribution in [3.05, 3.63) is 69.2 Å². The number of carbonyl (C=O) groups is 1. The molecular weight excluding hydrogens is 397 g/mol. The fraction of sp³-hybridized carbons (Fsp3) is 0.0588. The number of hydrogen-bond donors (Lipinski definition) is 2. The van der Waals surface area contributed by atoms with Crippen LogP contribution in [0.2, 0.25) is 0 Å². The molecule has 0 fully saturated rings. The highest BCUT2D eigenvalue weighted by Gasteiger charge is 2.38. The van der Waals surface area contributed by atoms with Gasteiger partial charge in [-0.05, 0) is 17.7 Å². The van der Waals surface area contributed by atoms with Crippen LogP contribution in [0, 0.1) is 10.1 Å². The summed E-state index contributed by atoms with van der Waals surface area (Å²) in [4.78, 5) is 22.7. The van der Waals surface area contributed by atoms with E-state index in [9.17, 15) is 28.1 Å². The number of H-pyrrole nitrogens is 1. The summed E-state index contributed by atoms with van der Waals surface area (Å²) >= 11 is 0.860. The van der Waals surface area contributed by atoms with Crippen molar-refractivity contribution in [2.45, 2.75) is 6.18 Å². The lowest BCUT2D eigenvalue weighted by atomic mass is 10.1. The predicted molar refractivity (Wildman–Crippen MR) is 97.7 cm³/mol. The minimum Gasteiger partial charge on any atom is -0.305 e. The average Bonchev–Trinajstić information content (AvgIpc) is 3.27. The minimum absolute atomic E-state index is 0.0893. The molecule has 0 atom stereocenters. The number of aromatic amines is 1. The summed E-state index contributed by atoms with van der Waals surface area (Å²) in [6, 6.07) is 10.5. The van der Waals surface area contributed by atoms with Gasteiger partial charge in [-0.2, -0.15) is 18.3 Å². The third-order valence-corrected chi connectivity index (χ3v) is 4.55. The van der Waals surface area contributed by atoms with E-state index in [1.165, 1.54) is 30.3 Å². The summed E-state index contributed by atoms with van der Waals surface area (Å²) in [5.74, 6) is -1.00. The zero-order valence-electron chi connectivity index (χ0n) is 13.9. The fourth-order valence-corrected chi connectivity index (χ4v) is 3.09. The number of carbonyl (C=O) groups excluding carboxylic acids is 1. The second kappa shape index (κ2) is 7.64. The Balaban J connectivity index is 1.85. The van der Waals surface area contributed by atoms with Crippen LogP contribution in [0.4, 0.5) is 24.0 Å². The Morgan fingerprint density at radius 1 is 1.21 bits per heavy atom. The van der Waals surface area contributed by atoms with Crippen LogP contribution in [0.5, 0.6) is 0 Å². The number of benzene rings is 1. The van der Waals surface area contributed by atoms with Crippen molar-refractivity contribution in [3.8, 4) is 11.1 Å². The van der Waals surface area contributed by atoms with Crippen LogP contribution >= 0.6 is 11.3 Å². The first-order valence-corrected chi connectivity index (χ1v) is 8.51. The van der Waals surface area contributed by atoms with E-state index in [1.54, 1.807) is 18.2 Å². The summed E-state index contributed by atoms with van der Waals surface area (Å²) in [5, 5.41) is 18.4. The highest BCUT2D eigenvalue weighted by atomic mass is 32.1. The number of nitrogens with one attached hydrogen (secondary N) is 2. The molecule has 0 radical (unpaired) electrons. The van der Waals surface area contributed by atoms with Gasteiger partial charge in [-0.1, -0.05) is 41.7 Å². The number of rotatable bonds is 5. The summed E-state index contributed by atoms with van der Waals surface area (Å²) in [7, 11) is 0. The van der Waals surface area contributed by atoms with Crippen molar-refractivity contribution >= 4 is 34.1 Å². The van der Waals surface area contributed by atoms with Crippen molar-refractivity contribution in [3.63, 3.8) is 0 Å². The largest absolute Gasteiger partial charge is 0.433 e. The number of anilines is 1. The Morgan fingerprint density at radius 2 is 1.93 bits per heavy atom. The minimum atomic E-state index is -4.69. The molecule has 0 aliphatic heterocycles. The Hall–Kier alpha value is -3.47. The Labute approximate surface area is 159 Å². The fourth-order valence-electron chi connectivity index (χ4n) is 2.37. The van der Waals surface area contributed by atoms with Crippen molar-refractivity contribution in [1.29, 1.82) is 0 Å². The van der Waals surface area contributed by atoms with Crippen molar-refractivity contribution in [2.75, 3.05) is 5.32 Å². The lowest BCUT2D eigenvalue weighted by molar-refractivity contribution is -0.380. The van der Waals surface area contributed by atoms with E-state index in [0.29, 0.717) is 4.88 Å². The standard InChI is InChI=1S/C17H11F3N4O3S/c18-17(19,20)15-14(10-4-2-1-3-5-10)16(23-22-15)21-12(25)8-6-11-7-9-13(28-11)24(26)27/h1-9H,(H2,21,22,23,25)/b8-6+. The molecular formula is C17H11F3N4O3S. The third kappa shape index (κ3) is 4.26. The lowest BCUT2D eigenvalue weighted by Gasteiger charge is -2.09. The molecule has 0 saturated heterocycles. The number of aromatic nitrogens is 2. The van der Waals surface area contributed by atoms with E-state index >= 15 is 0 Å². The molecule has 3 rings (SSSR count). The Bertz CT molecular complexity index is 1040. The number of thiophene rings is 1. The van der Waals surface area contributed by atoms with E-state index in [1.807, 2.05) is 5.10 Å². The molecule has 2 N–H and O–H groups in total. The molecule has 28 heavy (non-hydrogen) atoms. The van der Waals surface area contributed by atoms with E-state index in [-0.39, 0.29) is 21.9 Å². The molecule has 2 heterocycles. The van der Waals surface area contributed by atoms with Crippen LogP contribution in [0.15, 0.2) is 48.5 Å². The predicted octanol–water partition coefficient (Wildman–Crippen LogP) is 4.72. The van der Waals surface area contributed by atoms with Gasteiger partial charge in [0, 0.05) is 17.0 Å². The maximum Gasteiger partial charge on any atom is 0.433 e. The first-order chi connectivity index (χ1) is 13.3. The molecule has 0 saturated carbocycles. The lowest BCUT2D eigenvalue weighted by Crippen LogP contribution is -2.10. The summed E-state index contributed by atoms with van der Waals surface area (Å²) in [6.45, 7) is 0. The van der Waals surface area contributed by atoms with Gasteiger partial charge in [-0.25, -0.2) is 0 Å². The number of alkyl halides is 3. The Kier molecular flexibility index (Phi) is 5.27. The van der Waals surface area contributed by atoms with Crippen molar-refractivity contribution in [1.82, 2.24) is 10.2 Å². The number of amides is 1. The monoisotopic (exact) mass is 408 g/mol. The van der Waals surface area contributed by atoms with Gasteiger partial charge in [0.2, 0.25) is 5.91 Å². The van der Waals surface area contributed by atoms with Crippen LogP contribution in [-0.4, -0.2) is 21.0 Å². The zero-order valence-corrected chi connectivity index (χ0v) is 14.7. The van der Waals surface area contributed by atoms with Gasteiger partial charge in [-0.3, -0.25) is 20.0 Å². The third-order valence-electron chi connectivity index (χ3n) is 3.55. The molecule has 3 aromatic rings. The quantitative estimate of drug-likeness (QED) is 0.362. The van der Waals surface area contributed by atoms with Gasteiger partial charge < -0.3 is 5.32 Å². The van der Waals surface area contributed by atoms with Crippen LogP contribution in [0.3, 0.4) is 0 Å². The molecule has 0 unspecified atom stereocenters. The number of hydrogen-bond acceptors (Lipinski definition) is 5. The van der Waals surface area contributed by atoms with Crippen LogP contribution in [-0.2, 0) is 11.0 Å². The molecule has 1 aromatic carbocycles. The smallest absolute Gasteiger partial charge is 0.305 e. The first-order valence-electron chi connectivity index (χ1n) is 7.70. The van der Waals surface area contributed by atoms with E-state index in [4.69, 9.17) is 0 Å². The van der Waals surface area contributed by atoms with Crippen LogP contribution < -0.4 is 5.32 Å². The molecule has 0 bridgehead atoms. The molecule has 0 aliphatic rings. The maximum absolute atomic E-state index is 13.3. The highest BCUT2D eigenvalue weighted by Crippen LogP contribution is 2.39. The van der Waals surface area contributed by atoms with Gasteiger partial charge >= 0.3 is 11.2 Å². The number of nitro groups is 1. The molecule has 0 spiro atoms. The van der Waals surface area contributed by atoms with E-state index < -0.39 is 22.7 Å². The highest BCUT2D eigenvalue weighted by molar-refractivity contribution is 7.16. The molecule has 11 heteroatoms. The zero-order chi connectivity index (χ0) is 20.3. The van der Waals surface area contributed by atoms with Gasteiger partial charge in [0.15, 0.2) is 5.82 Å². The summed E-state index contributed by atoms with van der Waals surface area (Å²) in [5.41, 5.74) is -1.12. The molecule has 1 amide bonds.